The van der Waals surface area contributed by atoms with E-state index in [-0.39, 0.29) is 48.6 Å². The number of thiazole rings is 1. The maximum absolute atomic E-state index is 12.8. The van der Waals surface area contributed by atoms with Gasteiger partial charge in [-0.2, -0.15) is 0 Å². The van der Waals surface area contributed by atoms with Crippen molar-refractivity contribution in [2.45, 2.75) is 31.2 Å². The molecule has 2 aromatic rings. The van der Waals surface area contributed by atoms with E-state index >= 15 is 0 Å². The number of nitrogens with one attached hydrogen (secondary N) is 2. The van der Waals surface area contributed by atoms with Gasteiger partial charge in [-0.3, -0.25) is 4.79 Å². The van der Waals surface area contributed by atoms with Crippen molar-refractivity contribution in [3.63, 3.8) is 0 Å². The molecule has 1 aliphatic heterocycles. The van der Waals surface area contributed by atoms with Crippen LogP contribution in [-0.2, 0) is 4.79 Å². The average Bonchev–Trinajstić information content (AvgIpc) is 3.23. The fourth-order valence-corrected chi connectivity index (χ4v) is 4.66. The predicted molar refractivity (Wildman–Crippen MR) is 108 cm³/mol. The van der Waals surface area contributed by atoms with Crippen molar-refractivity contribution in [3.8, 4) is 0 Å². The highest BCUT2D eigenvalue weighted by Crippen LogP contribution is 2.38. The Balaban J connectivity index is 0.00000113. The SMILES string of the molecule is Cl.Cl.O=C(NC1CCNC1)C1CC=CCC1c1nc2ccccc2s1. The minimum absolute atomic E-state index is 0. The van der Waals surface area contributed by atoms with Crippen LogP contribution in [0.4, 0.5) is 0 Å². The number of halogens is 2. The van der Waals surface area contributed by atoms with Crippen molar-refractivity contribution in [2.24, 2.45) is 5.92 Å². The Bertz CT molecular complexity index is 710. The van der Waals surface area contributed by atoms with Gasteiger partial charge in [-0.25, -0.2) is 4.98 Å². The van der Waals surface area contributed by atoms with Gasteiger partial charge in [-0.1, -0.05) is 24.3 Å². The highest BCUT2D eigenvalue weighted by atomic mass is 35.5. The molecule has 7 heteroatoms. The highest BCUT2D eigenvalue weighted by molar-refractivity contribution is 7.18. The van der Waals surface area contributed by atoms with Crippen LogP contribution in [0.15, 0.2) is 36.4 Å². The number of fused-ring (bicyclic) bond motifs is 1. The zero-order valence-electron chi connectivity index (χ0n) is 13.8. The molecule has 4 nitrogen and oxygen atoms in total. The van der Waals surface area contributed by atoms with Gasteiger partial charge in [0.25, 0.3) is 0 Å². The first kappa shape index (κ1) is 20.2. The molecule has 25 heavy (non-hydrogen) atoms. The molecule has 4 rings (SSSR count). The van der Waals surface area contributed by atoms with E-state index in [1.54, 1.807) is 11.3 Å². The molecule has 136 valence electrons. The van der Waals surface area contributed by atoms with Crippen LogP contribution in [-0.4, -0.2) is 30.0 Å². The summed E-state index contributed by atoms with van der Waals surface area (Å²) in [5.41, 5.74) is 1.04. The number of benzene rings is 1. The van der Waals surface area contributed by atoms with Crippen molar-refractivity contribution in [2.75, 3.05) is 13.1 Å². The third kappa shape index (κ3) is 4.34. The van der Waals surface area contributed by atoms with Crippen molar-refractivity contribution >= 4 is 52.3 Å². The van der Waals surface area contributed by atoms with E-state index in [9.17, 15) is 4.79 Å². The first-order valence-corrected chi connectivity index (χ1v) is 9.14. The van der Waals surface area contributed by atoms with Crippen LogP contribution < -0.4 is 10.6 Å². The number of rotatable bonds is 3. The highest BCUT2D eigenvalue weighted by Gasteiger charge is 2.33. The Morgan fingerprint density at radius 1 is 1.20 bits per heavy atom. The molecule has 2 N–H and O–H groups in total. The van der Waals surface area contributed by atoms with E-state index in [2.05, 4.69) is 28.9 Å². The molecule has 0 spiro atoms. The second-order valence-corrected chi connectivity index (χ2v) is 7.44. The summed E-state index contributed by atoms with van der Waals surface area (Å²) in [5, 5.41) is 7.62. The second kappa shape index (κ2) is 8.99. The van der Waals surface area contributed by atoms with Crippen LogP contribution in [0.25, 0.3) is 10.2 Å². The Morgan fingerprint density at radius 3 is 2.76 bits per heavy atom. The van der Waals surface area contributed by atoms with Crippen molar-refractivity contribution in [1.82, 2.24) is 15.6 Å². The lowest BCUT2D eigenvalue weighted by Crippen LogP contribution is -2.42. The molecule has 1 amide bonds. The third-order valence-electron chi connectivity index (χ3n) is 4.80. The lowest BCUT2D eigenvalue weighted by atomic mass is 9.82. The predicted octanol–water partition coefficient (Wildman–Crippen LogP) is 3.67. The van der Waals surface area contributed by atoms with E-state index in [1.165, 1.54) is 4.70 Å². The Labute approximate surface area is 164 Å². The molecule has 0 saturated carbocycles. The number of allylic oxidation sites excluding steroid dienone is 2. The molecule has 1 fully saturated rings. The van der Waals surface area contributed by atoms with Gasteiger partial charge in [0.05, 0.1) is 21.1 Å². The zero-order valence-corrected chi connectivity index (χ0v) is 16.3. The second-order valence-electron chi connectivity index (χ2n) is 6.37. The molecule has 3 unspecified atom stereocenters. The standard InChI is InChI=1S/C18H21N3OS.2ClH/c22-17(20-12-9-10-19-11-12)13-5-1-2-6-14(13)18-21-15-7-3-4-8-16(15)23-18;;/h1-4,7-8,12-14,19H,5-6,9-11H2,(H,20,22);2*1H. The van der Waals surface area contributed by atoms with Crippen LogP contribution in [0.3, 0.4) is 0 Å². The molecule has 3 atom stereocenters. The molecule has 1 aromatic carbocycles. The molecule has 1 aliphatic carbocycles. The van der Waals surface area contributed by atoms with E-state index in [0.717, 1.165) is 42.9 Å². The normalized spacial score (nSPS) is 25.2. The zero-order chi connectivity index (χ0) is 15.6. The number of hydrogen-bond acceptors (Lipinski definition) is 4. The number of hydrogen-bond donors (Lipinski definition) is 2. The van der Waals surface area contributed by atoms with Crippen LogP contribution in [0, 0.1) is 5.92 Å². The summed E-state index contributed by atoms with van der Waals surface area (Å²) in [7, 11) is 0. The van der Waals surface area contributed by atoms with Gasteiger partial charge in [-0.05, 0) is 37.9 Å². The Hall–Kier alpha value is -1.14. The minimum Gasteiger partial charge on any atom is -0.352 e. The van der Waals surface area contributed by atoms with E-state index in [0.29, 0.717) is 0 Å². The fraction of sp³-hybridized carbons (Fsp3) is 0.444. The lowest BCUT2D eigenvalue weighted by Gasteiger charge is -2.27. The first-order valence-electron chi connectivity index (χ1n) is 8.33. The van der Waals surface area contributed by atoms with E-state index in [4.69, 9.17) is 4.98 Å². The first-order chi connectivity index (χ1) is 11.3. The smallest absolute Gasteiger partial charge is 0.224 e. The third-order valence-corrected chi connectivity index (χ3v) is 5.97. The Kier molecular flexibility index (Phi) is 7.25. The van der Waals surface area contributed by atoms with Crippen molar-refractivity contribution in [1.29, 1.82) is 0 Å². The largest absolute Gasteiger partial charge is 0.352 e. The van der Waals surface area contributed by atoms with E-state index < -0.39 is 0 Å². The number of aromatic nitrogens is 1. The lowest BCUT2D eigenvalue weighted by molar-refractivity contribution is -0.126. The maximum atomic E-state index is 12.8. The van der Waals surface area contributed by atoms with Gasteiger partial charge in [0.15, 0.2) is 0 Å². The number of amides is 1. The van der Waals surface area contributed by atoms with Gasteiger partial charge >= 0.3 is 0 Å². The van der Waals surface area contributed by atoms with E-state index in [1.807, 2.05) is 18.2 Å². The fourth-order valence-electron chi connectivity index (χ4n) is 3.51. The monoisotopic (exact) mass is 399 g/mol. The summed E-state index contributed by atoms with van der Waals surface area (Å²) < 4.78 is 1.20. The summed E-state index contributed by atoms with van der Waals surface area (Å²) in [6.07, 6.45) is 7.08. The van der Waals surface area contributed by atoms with Gasteiger partial charge in [-0.15, -0.1) is 36.2 Å². The molecular formula is C18H23Cl2N3OS. The minimum atomic E-state index is 0. The van der Waals surface area contributed by atoms with Gasteiger partial charge in [0.1, 0.15) is 0 Å². The maximum Gasteiger partial charge on any atom is 0.224 e. The van der Waals surface area contributed by atoms with Crippen molar-refractivity contribution in [3.05, 3.63) is 41.4 Å². The molecular weight excluding hydrogens is 377 g/mol. The number of carbonyl (C=O) groups excluding carboxylic acids is 1. The summed E-state index contributed by atoms with van der Waals surface area (Å²) in [6, 6.07) is 8.50. The molecule has 0 radical (unpaired) electrons. The van der Waals surface area contributed by atoms with Crippen molar-refractivity contribution < 1.29 is 4.79 Å². The quantitative estimate of drug-likeness (QED) is 0.774. The van der Waals surface area contributed by atoms with Crippen LogP contribution in [0.1, 0.15) is 30.2 Å². The summed E-state index contributed by atoms with van der Waals surface area (Å²) in [6.45, 7) is 1.89. The molecule has 2 heterocycles. The molecule has 1 aromatic heterocycles. The summed E-state index contributed by atoms with van der Waals surface area (Å²) in [4.78, 5) is 17.6. The average molecular weight is 400 g/mol. The van der Waals surface area contributed by atoms with Gasteiger partial charge in [0.2, 0.25) is 5.91 Å². The van der Waals surface area contributed by atoms with Gasteiger partial charge < -0.3 is 10.6 Å². The van der Waals surface area contributed by atoms with Gasteiger partial charge in [0, 0.05) is 18.5 Å². The van der Waals surface area contributed by atoms with Crippen LogP contribution >= 0.6 is 36.2 Å². The number of carbonyl (C=O) groups is 1. The summed E-state index contributed by atoms with van der Waals surface area (Å²) >= 11 is 1.73. The Morgan fingerprint density at radius 2 is 2.00 bits per heavy atom. The topological polar surface area (TPSA) is 54.0 Å². The van der Waals surface area contributed by atoms with Crippen LogP contribution in [0.2, 0.25) is 0 Å². The van der Waals surface area contributed by atoms with Crippen LogP contribution in [0.5, 0.6) is 0 Å². The number of para-hydroxylation sites is 1. The molecule has 2 aliphatic rings. The molecule has 1 saturated heterocycles. The summed E-state index contributed by atoms with van der Waals surface area (Å²) in [5.74, 6) is 0.389. The molecule has 0 bridgehead atoms. The number of nitrogens with zero attached hydrogens (tertiary/aromatic N) is 1.